The molecular weight excluding hydrogens is 168 g/mol. The fourth-order valence-corrected chi connectivity index (χ4v) is 0.753. The van der Waals surface area contributed by atoms with Crippen LogP contribution < -0.4 is 0 Å². The van der Waals surface area contributed by atoms with E-state index in [1.165, 1.54) is 6.20 Å². The monoisotopic (exact) mass is 172 g/mol. The molecule has 0 aliphatic heterocycles. The van der Waals surface area contributed by atoms with Crippen LogP contribution in [0.2, 0.25) is 0 Å². The Kier molecular flexibility index (Phi) is 2.35. The van der Waals surface area contributed by atoms with Gasteiger partial charge in [0.15, 0.2) is 5.69 Å². The van der Waals surface area contributed by atoms with E-state index in [0.717, 1.165) is 6.20 Å². The van der Waals surface area contributed by atoms with Crippen molar-refractivity contribution in [3.8, 4) is 0 Å². The number of nitrogens with zero attached hydrogens (tertiary/aromatic N) is 2. The summed E-state index contributed by atoms with van der Waals surface area (Å²) in [5.41, 5.74) is -1.24. The number of halogens is 3. The number of hydrogen-bond acceptors (Lipinski definition) is 2. The van der Waals surface area contributed by atoms with Gasteiger partial charge in [0.25, 0.3) is 0 Å². The molecule has 1 aromatic rings. The molecular formula is C6H4BF3N2. The van der Waals surface area contributed by atoms with E-state index in [-0.39, 0.29) is 12.0 Å². The van der Waals surface area contributed by atoms with E-state index in [4.69, 9.17) is 7.85 Å². The van der Waals surface area contributed by atoms with Gasteiger partial charge in [-0.1, -0.05) is 0 Å². The van der Waals surface area contributed by atoms with Crippen LogP contribution in [0.4, 0.5) is 13.2 Å². The van der Waals surface area contributed by atoms with E-state index in [2.05, 4.69) is 9.97 Å². The smallest absolute Gasteiger partial charge is 0.258 e. The SMILES string of the molecule is [B]Cc1nccnc1C(F)(F)F. The highest BCUT2D eigenvalue weighted by Crippen LogP contribution is 2.28. The maximum Gasteiger partial charge on any atom is 0.435 e. The number of alkyl halides is 3. The minimum absolute atomic E-state index is 0.231. The average molecular weight is 172 g/mol. The lowest BCUT2D eigenvalue weighted by Crippen LogP contribution is -2.13. The van der Waals surface area contributed by atoms with Crippen molar-refractivity contribution in [1.29, 1.82) is 0 Å². The van der Waals surface area contributed by atoms with Crippen LogP contribution >= 0.6 is 0 Å². The molecule has 0 bridgehead atoms. The quantitative estimate of drug-likeness (QED) is 0.594. The zero-order valence-corrected chi connectivity index (χ0v) is 5.97. The third-order valence-electron chi connectivity index (χ3n) is 1.24. The van der Waals surface area contributed by atoms with Crippen molar-refractivity contribution in [3.63, 3.8) is 0 Å². The molecule has 0 unspecified atom stereocenters. The molecule has 1 rings (SSSR count). The topological polar surface area (TPSA) is 25.8 Å². The molecule has 0 saturated heterocycles. The Labute approximate surface area is 68.2 Å². The Hall–Kier alpha value is -1.07. The molecule has 62 valence electrons. The van der Waals surface area contributed by atoms with Gasteiger partial charge in [0.1, 0.15) is 0 Å². The Morgan fingerprint density at radius 2 is 1.83 bits per heavy atom. The first kappa shape index (κ1) is 9.03. The molecule has 2 nitrogen and oxygen atoms in total. The van der Waals surface area contributed by atoms with E-state index in [9.17, 15) is 13.2 Å². The molecule has 0 saturated carbocycles. The van der Waals surface area contributed by atoms with Gasteiger partial charge in [0.05, 0.1) is 13.5 Å². The standard InChI is InChI=1S/C6H4BF3N2/c7-3-4-5(6(8,9)10)12-2-1-11-4/h1-2H,3H2. The molecule has 0 N–H and O–H groups in total. The largest absolute Gasteiger partial charge is 0.435 e. The van der Waals surface area contributed by atoms with Crippen molar-refractivity contribution in [1.82, 2.24) is 9.97 Å². The van der Waals surface area contributed by atoms with Gasteiger partial charge in [0, 0.05) is 12.4 Å². The second kappa shape index (κ2) is 3.12. The Balaban J connectivity index is 3.14. The maximum absolute atomic E-state index is 12.1. The lowest BCUT2D eigenvalue weighted by Gasteiger charge is -2.07. The molecule has 1 heterocycles. The van der Waals surface area contributed by atoms with Gasteiger partial charge in [-0.25, -0.2) is 4.98 Å². The van der Waals surface area contributed by atoms with Crippen LogP contribution in [0.5, 0.6) is 0 Å². The van der Waals surface area contributed by atoms with Crippen LogP contribution in [0.15, 0.2) is 12.4 Å². The summed E-state index contributed by atoms with van der Waals surface area (Å²) in [5, 5.41) is 0. The van der Waals surface area contributed by atoms with E-state index < -0.39 is 11.9 Å². The summed E-state index contributed by atoms with van der Waals surface area (Å²) in [6.45, 7) is 0. The van der Waals surface area contributed by atoms with E-state index in [1.807, 2.05) is 0 Å². The molecule has 12 heavy (non-hydrogen) atoms. The van der Waals surface area contributed by atoms with Gasteiger partial charge in [-0.3, -0.25) is 4.98 Å². The Morgan fingerprint density at radius 3 is 2.25 bits per heavy atom. The normalized spacial score (nSPS) is 11.6. The van der Waals surface area contributed by atoms with Gasteiger partial charge in [-0.05, 0) is 6.32 Å². The number of aromatic nitrogens is 2. The minimum Gasteiger partial charge on any atom is -0.258 e. The van der Waals surface area contributed by atoms with E-state index >= 15 is 0 Å². The van der Waals surface area contributed by atoms with E-state index in [0.29, 0.717) is 0 Å². The first-order valence-electron chi connectivity index (χ1n) is 3.13. The average Bonchev–Trinajstić information content (AvgIpc) is 2.03. The predicted molar refractivity (Wildman–Crippen MR) is 36.5 cm³/mol. The second-order valence-corrected chi connectivity index (χ2v) is 2.05. The molecule has 0 aliphatic rings. The summed E-state index contributed by atoms with van der Waals surface area (Å²) in [5.74, 6) is 0. The van der Waals surface area contributed by atoms with Crippen molar-refractivity contribution in [2.45, 2.75) is 12.5 Å². The van der Waals surface area contributed by atoms with Gasteiger partial charge in [0.2, 0.25) is 0 Å². The van der Waals surface area contributed by atoms with Crippen molar-refractivity contribution >= 4 is 7.85 Å². The lowest BCUT2D eigenvalue weighted by atomic mass is 10.00. The van der Waals surface area contributed by atoms with Crippen LogP contribution in [-0.4, -0.2) is 17.8 Å². The highest BCUT2D eigenvalue weighted by atomic mass is 19.4. The molecule has 6 heteroatoms. The summed E-state index contributed by atoms with van der Waals surface area (Å²) in [6, 6.07) is 0. The minimum atomic E-state index is -4.47. The zero-order chi connectivity index (χ0) is 9.19. The highest BCUT2D eigenvalue weighted by molar-refractivity contribution is 6.08. The third-order valence-corrected chi connectivity index (χ3v) is 1.24. The zero-order valence-electron chi connectivity index (χ0n) is 5.97. The fourth-order valence-electron chi connectivity index (χ4n) is 0.753. The van der Waals surface area contributed by atoms with Gasteiger partial charge >= 0.3 is 6.18 Å². The van der Waals surface area contributed by atoms with Crippen molar-refractivity contribution < 1.29 is 13.2 Å². The van der Waals surface area contributed by atoms with Gasteiger partial charge < -0.3 is 0 Å². The van der Waals surface area contributed by atoms with Crippen molar-refractivity contribution in [3.05, 3.63) is 23.8 Å². The van der Waals surface area contributed by atoms with E-state index in [1.54, 1.807) is 0 Å². The highest BCUT2D eigenvalue weighted by Gasteiger charge is 2.35. The summed E-state index contributed by atoms with van der Waals surface area (Å²) >= 11 is 0. The van der Waals surface area contributed by atoms with Crippen LogP contribution in [0.25, 0.3) is 0 Å². The Morgan fingerprint density at radius 1 is 1.25 bits per heavy atom. The number of rotatable bonds is 1. The molecule has 0 atom stereocenters. The van der Waals surface area contributed by atoms with Crippen molar-refractivity contribution in [2.24, 2.45) is 0 Å². The maximum atomic E-state index is 12.1. The predicted octanol–water partition coefficient (Wildman–Crippen LogP) is 1.16. The lowest BCUT2D eigenvalue weighted by molar-refractivity contribution is -0.142. The summed E-state index contributed by atoms with van der Waals surface area (Å²) in [6.07, 6.45) is -2.56. The summed E-state index contributed by atoms with van der Waals surface area (Å²) in [4.78, 5) is 6.61. The first-order valence-corrected chi connectivity index (χ1v) is 3.13. The fraction of sp³-hybridized carbons (Fsp3) is 0.333. The van der Waals surface area contributed by atoms with Gasteiger partial charge in [-0.15, -0.1) is 0 Å². The number of hydrogen-bond donors (Lipinski definition) is 0. The molecule has 1 aromatic heterocycles. The molecule has 0 aliphatic carbocycles. The van der Waals surface area contributed by atoms with Crippen LogP contribution in [0.1, 0.15) is 11.4 Å². The van der Waals surface area contributed by atoms with Gasteiger partial charge in [-0.2, -0.15) is 13.2 Å². The third kappa shape index (κ3) is 1.75. The first-order chi connectivity index (χ1) is 5.55. The second-order valence-electron chi connectivity index (χ2n) is 2.05. The molecule has 0 aromatic carbocycles. The summed E-state index contributed by atoms with van der Waals surface area (Å²) < 4.78 is 36.2. The molecule has 0 spiro atoms. The van der Waals surface area contributed by atoms with Crippen LogP contribution in [0.3, 0.4) is 0 Å². The summed E-state index contributed by atoms with van der Waals surface area (Å²) in [7, 11) is 5.04. The molecule has 2 radical (unpaired) electrons. The van der Waals surface area contributed by atoms with Crippen molar-refractivity contribution in [2.75, 3.05) is 0 Å². The van der Waals surface area contributed by atoms with Crippen LogP contribution in [-0.2, 0) is 12.5 Å². The molecule has 0 fully saturated rings. The molecule has 0 amide bonds. The van der Waals surface area contributed by atoms with Crippen LogP contribution in [0, 0.1) is 0 Å². The Bertz CT molecular complexity index is 274.